The van der Waals surface area contributed by atoms with Crippen molar-refractivity contribution in [2.24, 2.45) is 0 Å². The van der Waals surface area contributed by atoms with Crippen LogP contribution in [0.2, 0.25) is 10.0 Å². The number of Topliss-reactive ketones (excluding diaryl/α,β-unsaturated/α-hetero) is 1. The summed E-state index contributed by atoms with van der Waals surface area (Å²) in [7, 11) is 1.48. The molecule has 2 aromatic rings. The molecule has 0 aliphatic heterocycles. The lowest BCUT2D eigenvalue weighted by molar-refractivity contribution is -0.141. The van der Waals surface area contributed by atoms with Crippen molar-refractivity contribution in [1.29, 1.82) is 0 Å². The predicted molar refractivity (Wildman–Crippen MR) is 97.1 cm³/mol. The van der Waals surface area contributed by atoms with Gasteiger partial charge >= 0.3 is 5.97 Å². The van der Waals surface area contributed by atoms with E-state index in [1.54, 1.807) is 18.2 Å². The number of halogens is 2. The third-order valence-corrected chi connectivity index (χ3v) is 3.87. The molecule has 0 bridgehead atoms. The summed E-state index contributed by atoms with van der Waals surface area (Å²) in [4.78, 5) is 35.7. The lowest BCUT2D eigenvalue weighted by Crippen LogP contribution is -2.31. The molecule has 0 aromatic heterocycles. The van der Waals surface area contributed by atoms with Crippen LogP contribution in [0.25, 0.3) is 0 Å². The molecule has 0 saturated heterocycles. The van der Waals surface area contributed by atoms with Crippen LogP contribution < -0.4 is 10.1 Å². The Morgan fingerprint density at radius 3 is 2.54 bits per heavy atom. The molecular weight excluding hydrogens is 381 g/mol. The second-order valence-electron chi connectivity index (χ2n) is 5.12. The van der Waals surface area contributed by atoms with Crippen LogP contribution in [-0.2, 0) is 9.53 Å². The van der Waals surface area contributed by atoms with Crippen molar-refractivity contribution in [1.82, 2.24) is 5.32 Å². The van der Waals surface area contributed by atoms with Crippen LogP contribution in [0, 0.1) is 0 Å². The molecule has 1 N–H and O–H groups in total. The van der Waals surface area contributed by atoms with Crippen LogP contribution in [0.15, 0.2) is 42.5 Å². The molecular formula is C18H15Cl2NO5. The van der Waals surface area contributed by atoms with E-state index in [-0.39, 0.29) is 17.1 Å². The number of hydrogen-bond donors (Lipinski definition) is 1. The molecule has 8 heteroatoms. The van der Waals surface area contributed by atoms with Gasteiger partial charge in [-0.3, -0.25) is 14.4 Å². The Bertz CT molecular complexity index is 838. The number of methoxy groups -OCH3 is 1. The van der Waals surface area contributed by atoms with Crippen LogP contribution in [0.4, 0.5) is 0 Å². The molecule has 26 heavy (non-hydrogen) atoms. The molecule has 0 saturated carbocycles. The molecule has 136 valence electrons. The Hall–Kier alpha value is -2.57. The van der Waals surface area contributed by atoms with Gasteiger partial charge in [-0.2, -0.15) is 0 Å². The number of nitrogens with one attached hydrogen (secondary N) is 1. The van der Waals surface area contributed by atoms with Crippen LogP contribution in [0.1, 0.15) is 20.7 Å². The zero-order valence-corrected chi connectivity index (χ0v) is 15.3. The highest BCUT2D eigenvalue weighted by Gasteiger charge is 2.14. The Balaban J connectivity index is 1.83. The lowest BCUT2D eigenvalue weighted by atomic mass is 10.1. The van der Waals surface area contributed by atoms with E-state index in [9.17, 15) is 14.4 Å². The molecule has 0 heterocycles. The van der Waals surface area contributed by atoms with Gasteiger partial charge in [0.05, 0.1) is 12.1 Å². The molecule has 1 amide bonds. The molecule has 0 fully saturated rings. The van der Waals surface area contributed by atoms with Crippen molar-refractivity contribution in [3.63, 3.8) is 0 Å². The fraction of sp³-hybridized carbons (Fsp3) is 0.167. The van der Waals surface area contributed by atoms with Gasteiger partial charge in [0.1, 0.15) is 12.3 Å². The third kappa shape index (κ3) is 5.47. The van der Waals surface area contributed by atoms with E-state index in [0.717, 1.165) is 0 Å². The molecule has 0 atom stereocenters. The third-order valence-electron chi connectivity index (χ3n) is 3.32. The second kappa shape index (κ2) is 9.22. The first-order valence-corrected chi connectivity index (χ1v) is 8.22. The number of amides is 1. The van der Waals surface area contributed by atoms with E-state index < -0.39 is 24.3 Å². The number of ketones is 1. The lowest BCUT2D eigenvalue weighted by Gasteiger charge is -2.08. The minimum atomic E-state index is -0.750. The highest BCUT2D eigenvalue weighted by atomic mass is 35.5. The van der Waals surface area contributed by atoms with Crippen molar-refractivity contribution in [2.75, 3.05) is 20.3 Å². The van der Waals surface area contributed by atoms with Crippen molar-refractivity contribution < 1.29 is 23.9 Å². The van der Waals surface area contributed by atoms with E-state index >= 15 is 0 Å². The van der Waals surface area contributed by atoms with Gasteiger partial charge in [0.15, 0.2) is 6.61 Å². The average molecular weight is 396 g/mol. The molecule has 0 radical (unpaired) electrons. The van der Waals surface area contributed by atoms with Gasteiger partial charge in [0.2, 0.25) is 5.78 Å². The summed E-state index contributed by atoms with van der Waals surface area (Å²) in [5.41, 5.74) is 0.533. The van der Waals surface area contributed by atoms with Gasteiger partial charge in [0.25, 0.3) is 5.91 Å². The molecule has 2 aromatic carbocycles. The smallest absolute Gasteiger partial charge is 0.325 e. The number of carbonyl (C=O) groups is 3. The van der Waals surface area contributed by atoms with Crippen LogP contribution >= 0.6 is 23.2 Å². The summed E-state index contributed by atoms with van der Waals surface area (Å²) >= 11 is 11.7. The van der Waals surface area contributed by atoms with Gasteiger partial charge in [-0.1, -0.05) is 29.3 Å². The average Bonchev–Trinajstić information content (AvgIpc) is 2.64. The summed E-state index contributed by atoms with van der Waals surface area (Å²) in [6.45, 7) is -0.868. The minimum absolute atomic E-state index is 0.171. The van der Waals surface area contributed by atoms with Crippen molar-refractivity contribution in [3.8, 4) is 5.75 Å². The SMILES string of the molecule is COc1cccc(C(=O)NCC(=O)OCC(=O)c2ccc(Cl)cc2Cl)c1. The Morgan fingerprint density at radius 1 is 1.08 bits per heavy atom. The topological polar surface area (TPSA) is 81.7 Å². The fourth-order valence-electron chi connectivity index (χ4n) is 2.01. The summed E-state index contributed by atoms with van der Waals surface area (Å²) in [5, 5.41) is 2.97. The normalized spacial score (nSPS) is 10.1. The van der Waals surface area contributed by atoms with Gasteiger partial charge in [0, 0.05) is 16.1 Å². The number of ether oxygens (including phenoxy) is 2. The van der Waals surface area contributed by atoms with E-state index in [0.29, 0.717) is 16.3 Å². The maximum absolute atomic E-state index is 12.0. The number of rotatable bonds is 7. The second-order valence-corrected chi connectivity index (χ2v) is 5.97. The Kier molecular flexibility index (Phi) is 7.00. The quantitative estimate of drug-likeness (QED) is 0.575. The number of benzene rings is 2. The van der Waals surface area contributed by atoms with Crippen LogP contribution in [0.3, 0.4) is 0 Å². The van der Waals surface area contributed by atoms with E-state index in [4.69, 9.17) is 32.7 Å². The van der Waals surface area contributed by atoms with Gasteiger partial charge in [-0.05, 0) is 36.4 Å². The minimum Gasteiger partial charge on any atom is -0.497 e. The molecule has 0 aliphatic rings. The van der Waals surface area contributed by atoms with Gasteiger partial charge in [-0.15, -0.1) is 0 Å². The monoisotopic (exact) mass is 395 g/mol. The zero-order chi connectivity index (χ0) is 19.1. The van der Waals surface area contributed by atoms with E-state index in [2.05, 4.69) is 5.32 Å². The van der Waals surface area contributed by atoms with Gasteiger partial charge in [-0.25, -0.2) is 0 Å². The number of hydrogen-bond acceptors (Lipinski definition) is 5. The number of esters is 1. The van der Waals surface area contributed by atoms with E-state index in [1.807, 2.05) is 0 Å². The largest absolute Gasteiger partial charge is 0.497 e. The molecule has 0 aliphatic carbocycles. The number of carbonyl (C=O) groups excluding carboxylic acids is 3. The molecule has 6 nitrogen and oxygen atoms in total. The van der Waals surface area contributed by atoms with Crippen molar-refractivity contribution in [2.45, 2.75) is 0 Å². The maximum Gasteiger partial charge on any atom is 0.325 e. The first-order chi connectivity index (χ1) is 12.4. The first kappa shape index (κ1) is 19.8. The first-order valence-electron chi connectivity index (χ1n) is 7.47. The van der Waals surface area contributed by atoms with Crippen molar-refractivity contribution >= 4 is 40.9 Å². The van der Waals surface area contributed by atoms with E-state index in [1.165, 1.54) is 31.4 Å². The highest BCUT2D eigenvalue weighted by molar-refractivity contribution is 6.36. The summed E-state index contributed by atoms with van der Waals surface area (Å²) in [6, 6.07) is 10.8. The maximum atomic E-state index is 12.0. The standard InChI is InChI=1S/C18H15Cl2NO5/c1-25-13-4-2-3-11(7-13)18(24)21-9-17(23)26-10-16(22)14-6-5-12(19)8-15(14)20/h2-8H,9-10H2,1H3,(H,21,24). The van der Waals surface area contributed by atoms with Crippen LogP contribution in [-0.4, -0.2) is 37.9 Å². The Morgan fingerprint density at radius 2 is 1.85 bits per heavy atom. The zero-order valence-electron chi connectivity index (χ0n) is 13.8. The summed E-state index contributed by atoms with van der Waals surface area (Å²) in [6.07, 6.45) is 0. The predicted octanol–water partition coefficient (Wildman–Crippen LogP) is 3.16. The molecule has 2 rings (SSSR count). The Labute approximate surface area is 160 Å². The highest BCUT2D eigenvalue weighted by Crippen LogP contribution is 2.21. The van der Waals surface area contributed by atoms with Crippen LogP contribution in [0.5, 0.6) is 5.75 Å². The molecule has 0 unspecified atom stereocenters. The fourth-order valence-corrected chi connectivity index (χ4v) is 2.52. The summed E-state index contributed by atoms with van der Waals surface area (Å²) in [5.74, 6) is -1.17. The summed E-state index contributed by atoms with van der Waals surface area (Å²) < 4.78 is 9.88. The van der Waals surface area contributed by atoms with Crippen molar-refractivity contribution in [3.05, 3.63) is 63.6 Å². The van der Waals surface area contributed by atoms with Gasteiger partial charge < -0.3 is 14.8 Å². The molecule has 0 spiro atoms.